The van der Waals surface area contributed by atoms with Crippen LogP contribution in [0.3, 0.4) is 0 Å². The van der Waals surface area contributed by atoms with E-state index in [2.05, 4.69) is 25.1 Å². The molecule has 2 heterocycles. The lowest BCUT2D eigenvalue weighted by atomic mass is 9.92. The zero-order chi connectivity index (χ0) is 20.3. The second-order valence-corrected chi connectivity index (χ2v) is 6.76. The van der Waals surface area contributed by atoms with E-state index in [0.717, 1.165) is 49.5 Å². The van der Waals surface area contributed by atoms with Crippen LogP contribution in [0.4, 0.5) is 0 Å². The lowest BCUT2D eigenvalue weighted by Gasteiger charge is -2.11. The number of aryl methyl sites for hydroxylation is 3. The summed E-state index contributed by atoms with van der Waals surface area (Å²) in [6.45, 7) is -0.0633. The molecule has 0 saturated heterocycles. The number of hydrogen-bond donors (Lipinski definition) is 0. The smallest absolute Gasteiger partial charge is 0.213 e. The second-order valence-electron chi connectivity index (χ2n) is 6.76. The van der Waals surface area contributed by atoms with Crippen molar-refractivity contribution >= 4 is 32.7 Å². The van der Waals surface area contributed by atoms with Gasteiger partial charge in [0, 0.05) is 32.4 Å². The SMILES string of the molecule is [2H]C([2H])([2H])c1cc[n+](C)c(-c2c(C)c3ccccc3c3oc4ccccc4c23)c1. The molecule has 0 aliphatic heterocycles. The first-order chi connectivity index (χ1) is 13.9. The Bertz CT molecular complexity index is 1410. The third-order valence-corrected chi connectivity index (χ3v) is 5.20. The van der Waals surface area contributed by atoms with Crippen LogP contribution in [-0.2, 0) is 7.05 Å². The Hall–Kier alpha value is -3.13. The largest absolute Gasteiger partial charge is 0.455 e. The molecule has 2 aromatic heterocycles. The number of aromatic nitrogens is 1. The van der Waals surface area contributed by atoms with Crippen molar-refractivity contribution in [1.29, 1.82) is 0 Å². The fourth-order valence-electron chi connectivity index (χ4n) is 3.95. The van der Waals surface area contributed by atoms with E-state index in [1.165, 1.54) is 0 Å². The summed E-state index contributed by atoms with van der Waals surface area (Å²) in [6, 6.07) is 19.7. The molecule has 5 rings (SSSR count). The third kappa shape index (κ3) is 2.02. The van der Waals surface area contributed by atoms with Gasteiger partial charge < -0.3 is 4.42 Å². The van der Waals surface area contributed by atoms with Crippen molar-refractivity contribution in [2.75, 3.05) is 0 Å². The molecule has 26 heavy (non-hydrogen) atoms. The highest BCUT2D eigenvalue weighted by Gasteiger charge is 2.23. The fraction of sp³-hybridized carbons (Fsp3) is 0.125. The van der Waals surface area contributed by atoms with Gasteiger partial charge in [0.1, 0.15) is 18.2 Å². The molecular formula is C24H20NO+. The molecule has 3 aromatic carbocycles. The molecule has 0 aliphatic carbocycles. The summed E-state index contributed by atoms with van der Waals surface area (Å²) >= 11 is 0. The van der Waals surface area contributed by atoms with Gasteiger partial charge >= 0.3 is 0 Å². The lowest BCUT2D eigenvalue weighted by molar-refractivity contribution is -0.660. The van der Waals surface area contributed by atoms with Crippen LogP contribution in [0, 0.1) is 13.8 Å². The van der Waals surface area contributed by atoms with Crippen LogP contribution >= 0.6 is 0 Å². The van der Waals surface area contributed by atoms with Crippen LogP contribution in [0.2, 0.25) is 0 Å². The Morgan fingerprint density at radius 1 is 0.923 bits per heavy atom. The Morgan fingerprint density at radius 3 is 2.46 bits per heavy atom. The van der Waals surface area contributed by atoms with Crippen molar-refractivity contribution < 1.29 is 13.1 Å². The summed E-state index contributed by atoms with van der Waals surface area (Å²) in [5.41, 5.74) is 4.98. The molecular weight excluding hydrogens is 318 g/mol. The van der Waals surface area contributed by atoms with Crippen molar-refractivity contribution in [2.45, 2.75) is 13.8 Å². The van der Waals surface area contributed by atoms with Gasteiger partial charge in [-0.2, -0.15) is 0 Å². The van der Waals surface area contributed by atoms with Crippen LogP contribution in [-0.4, -0.2) is 0 Å². The summed E-state index contributed by atoms with van der Waals surface area (Å²) in [5, 5.41) is 4.23. The van der Waals surface area contributed by atoms with Crippen molar-refractivity contribution in [2.24, 2.45) is 7.05 Å². The molecule has 0 bridgehead atoms. The maximum atomic E-state index is 7.86. The van der Waals surface area contributed by atoms with Gasteiger partial charge in [-0.25, -0.2) is 4.57 Å². The molecule has 0 saturated carbocycles. The number of benzene rings is 3. The Labute approximate surface area is 156 Å². The number of pyridine rings is 1. The highest BCUT2D eigenvalue weighted by molar-refractivity contribution is 6.22. The zero-order valence-electron chi connectivity index (χ0n) is 17.7. The molecule has 0 spiro atoms. The summed E-state index contributed by atoms with van der Waals surface area (Å²) in [5.74, 6) is 0. The van der Waals surface area contributed by atoms with Crippen molar-refractivity contribution in [3.8, 4) is 11.3 Å². The monoisotopic (exact) mass is 341 g/mol. The van der Waals surface area contributed by atoms with E-state index in [-0.39, 0.29) is 0 Å². The highest BCUT2D eigenvalue weighted by atomic mass is 16.3. The van der Waals surface area contributed by atoms with E-state index in [4.69, 9.17) is 8.53 Å². The minimum absolute atomic E-state index is 0.333. The van der Waals surface area contributed by atoms with Gasteiger partial charge in [-0.05, 0) is 36.4 Å². The van der Waals surface area contributed by atoms with Gasteiger partial charge in [-0.3, -0.25) is 0 Å². The summed E-state index contributed by atoms with van der Waals surface area (Å²) in [7, 11) is 1.95. The molecule has 0 amide bonds. The molecule has 0 atom stereocenters. The number of furan rings is 1. The van der Waals surface area contributed by atoms with E-state index in [1.807, 2.05) is 48.1 Å². The quantitative estimate of drug-likeness (QED) is 0.350. The van der Waals surface area contributed by atoms with Crippen LogP contribution in [0.25, 0.3) is 44.0 Å². The number of fused-ring (bicyclic) bond motifs is 5. The van der Waals surface area contributed by atoms with E-state index in [1.54, 1.807) is 12.1 Å². The van der Waals surface area contributed by atoms with E-state index in [0.29, 0.717) is 5.56 Å². The molecule has 0 N–H and O–H groups in total. The van der Waals surface area contributed by atoms with Gasteiger partial charge in [-0.15, -0.1) is 0 Å². The molecule has 0 radical (unpaired) electrons. The lowest BCUT2D eigenvalue weighted by Crippen LogP contribution is -2.30. The maximum Gasteiger partial charge on any atom is 0.213 e. The van der Waals surface area contributed by atoms with Crippen LogP contribution in [0.1, 0.15) is 15.2 Å². The average Bonchev–Trinajstić information content (AvgIpc) is 3.08. The standard InChI is InChI=1S/C24H20NO/c1-15-12-13-25(3)20(14-15)22-16(2)17-8-4-5-9-18(17)24-23(22)19-10-6-7-11-21(19)26-24/h4-14H,1-3H3/q+1/i1D3. The second kappa shape index (κ2) is 5.43. The third-order valence-electron chi connectivity index (χ3n) is 5.20. The minimum Gasteiger partial charge on any atom is -0.455 e. The summed E-state index contributed by atoms with van der Waals surface area (Å²) in [6.07, 6.45) is 1.82. The van der Waals surface area contributed by atoms with E-state index < -0.39 is 6.85 Å². The Balaban J connectivity index is 2.02. The molecule has 2 heteroatoms. The first kappa shape index (κ1) is 12.3. The number of hydrogen-bond acceptors (Lipinski definition) is 1. The van der Waals surface area contributed by atoms with Gasteiger partial charge in [-0.1, -0.05) is 42.5 Å². The minimum atomic E-state index is -2.16. The van der Waals surface area contributed by atoms with E-state index >= 15 is 0 Å². The van der Waals surface area contributed by atoms with Crippen molar-refractivity contribution in [3.05, 3.63) is 78.0 Å². The predicted octanol–water partition coefficient (Wildman–Crippen LogP) is 5.85. The number of nitrogens with zero attached hydrogens (tertiary/aromatic N) is 1. The molecule has 126 valence electrons. The normalized spacial score (nSPS) is 13.8. The summed E-state index contributed by atoms with van der Waals surface area (Å²) in [4.78, 5) is 0. The average molecular weight is 341 g/mol. The van der Waals surface area contributed by atoms with Gasteiger partial charge in [0.15, 0.2) is 6.20 Å². The Morgan fingerprint density at radius 2 is 1.65 bits per heavy atom. The zero-order valence-corrected chi connectivity index (χ0v) is 14.7. The number of para-hydroxylation sites is 1. The number of rotatable bonds is 1. The molecule has 5 aromatic rings. The van der Waals surface area contributed by atoms with Crippen molar-refractivity contribution in [3.63, 3.8) is 0 Å². The summed E-state index contributed by atoms with van der Waals surface area (Å²) < 4.78 is 31.9. The molecule has 0 unspecified atom stereocenters. The van der Waals surface area contributed by atoms with Gasteiger partial charge in [0.2, 0.25) is 5.69 Å². The molecule has 0 aliphatic rings. The fourth-order valence-corrected chi connectivity index (χ4v) is 3.95. The molecule has 2 nitrogen and oxygen atoms in total. The topological polar surface area (TPSA) is 17.0 Å². The van der Waals surface area contributed by atoms with E-state index in [9.17, 15) is 0 Å². The maximum absolute atomic E-state index is 7.86. The highest BCUT2D eigenvalue weighted by Crippen LogP contribution is 2.42. The van der Waals surface area contributed by atoms with Crippen LogP contribution < -0.4 is 4.57 Å². The predicted molar refractivity (Wildman–Crippen MR) is 107 cm³/mol. The van der Waals surface area contributed by atoms with Crippen LogP contribution in [0.15, 0.2) is 71.3 Å². The Kier molecular flexibility index (Phi) is 2.56. The van der Waals surface area contributed by atoms with Crippen molar-refractivity contribution in [1.82, 2.24) is 0 Å². The van der Waals surface area contributed by atoms with Crippen LogP contribution in [0.5, 0.6) is 0 Å². The first-order valence-corrected chi connectivity index (χ1v) is 8.69. The van der Waals surface area contributed by atoms with Gasteiger partial charge in [0.25, 0.3) is 0 Å². The first-order valence-electron chi connectivity index (χ1n) is 10.2. The molecule has 0 fully saturated rings. The van der Waals surface area contributed by atoms with Gasteiger partial charge in [0.05, 0.1) is 5.56 Å².